The fourth-order valence-electron chi connectivity index (χ4n) is 3.04. The molecule has 1 heterocycles. The van der Waals surface area contributed by atoms with Gasteiger partial charge in [0, 0.05) is 44.3 Å². The molecule has 2 amide bonds. The van der Waals surface area contributed by atoms with E-state index in [1.165, 1.54) is 5.56 Å². The third kappa shape index (κ3) is 5.48. The average molecular weight is 358 g/mol. The molecule has 25 heavy (non-hydrogen) atoms. The van der Waals surface area contributed by atoms with E-state index in [0.717, 1.165) is 49.7 Å². The molecule has 4 nitrogen and oxygen atoms in total. The molecule has 5 heteroatoms. The monoisotopic (exact) mass is 357 g/mol. The van der Waals surface area contributed by atoms with Gasteiger partial charge in [-0.3, -0.25) is 4.90 Å². The van der Waals surface area contributed by atoms with Crippen LogP contribution in [0.25, 0.3) is 0 Å². The number of carbonyl (C=O) groups excluding carboxylic acids is 1. The second-order valence-electron chi connectivity index (χ2n) is 6.35. The molecule has 1 fully saturated rings. The van der Waals surface area contributed by atoms with Crippen molar-refractivity contribution in [2.24, 2.45) is 0 Å². The van der Waals surface area contributed by atoms with Crippen molar-refractivity contribution in [1.29, 1.82) is 0 Å². The minimum absolute atomic E-state index is 0.0262. The fraction of sp³-hybridized carbons (Fsp3) is 0.350. The van der Waals surface area contributed by atoms with Gasteiger partial charge in [-0.05, 0) is 29.7 Å². The van der Waals surface area contributed by atoms with Crippen LogP contribution in [-0.2, 0) is 13.0 Å². The lowest BCUT2D eigenvalue weighted by Crippen LogP contribution is -2.51. The van der Waals surface area contributed by atoms with E-state index in [-0.39, 0.29) is 6.03 Å². The van der Waals surface area contributed by atoms with E-state index < -0.39 is 0 Å². The quantitative estimate of drug-likeness (QED) is 0.890. The van der Waals surface area contributed by atoms with Gasteiger partial charge in [0.2, 0.25) is 0 Å². The van der Waals surface area contributed by atoms with Crippen LogP contribution in [-0.4, -0.2) is 48.6 Å². The van der Waals surface area contributed by atoms with Crippen molar-refractivity contribution in [3.8, 4) is 0 Å². The lowest BCUT2D eigenvalue weighted by Gasteiger charge is -2.34. The molecule has 2 aromatic rings. The molecule has 1 N–H and O–H groups in total. The molecule has 0 saturated carbocycles. The van der Waals surface area contributed by atoms with E-state index >= 15 is 0 Å². The number of nitrogens with zero attached hydrogens (tertiary/aromatic N) is 2. The molecular formula is C20H24ClN3O. The Balaban J connectivity index is 1.38. The molecule has 0 aromatic heterocycles. The maximum absolute atomic E-state index is 12.3. The number of nitrogens with one attached hydrogen (secondary N) is 1. The van der Waals surface area contributed by atoms with Crippen LogP contribution in [0, 0.1) is 0 Å². The summed E-state index contributed by atoms with van der Waals surface area (Å²) >= 11 is 6.03. The summed E-state index contributed by atoms with van der Waals surface area (Å²) in [5.41, 5.74) is 2.38. The molecule has 0 bridgehead atoms. The molecule has 0 spiro atoms. The number of carbonyl (C=O) groups is 1. The number of piperazine rings is 1. The van der Waals surface area contributed by atoms with Crippen molar-refractivity contribution >= 4 is 17.6 Å². The molecule has 3 rings (SSSR count). The predicted octanol–water partition coefficient (Wildman–Crippen LogP) is 3.41. The van der Waals surface area contributed by atoms with Crippen molar-refractivity contribution in [2.45, 2.75) is 13.0 Å². The zero-order chi connectivity index (χ0) is 17.5. The number of halogens is 1. The van der Waals surface area contributed by atoms with Crippen molar-refractivity contribution in [3.05, 3.63) is 70.7 Å². The second kappa shape index (κ2) is 8.88. The minimum Gasteiger partial charge on any atom is -0.334 e. The summed E-state index contributed by atoms with van der Waals surface area (Å²) in [5, 5.41) is 3.79. The normalized spacial score (nSPS) is 15.2. The highest BCUT2D eigenvalue weighted by Crippen LogP contribution is 2.12. The fourth-order valence-corrected chi connectivity index (χ4v) is 3.25. The molecule has 1 aliphatic rings. The molecule has 2 aromatic carbocycles. The molecule has 1 aliphatic heterocycles. The third-order valence-corrected chi connectivity index (χ3v) is 4.79. The summed E-state index contributed by atoms with van der Waals surface area (Å²) in [6, 6.07) is 18.0. The van der Waals surface area contributed by atoms with E-state index in [9.17, 15) is 4.79 Å². The van der Waals surface area contributed by atoms with Gasteiger partial charge in [0.1, 0.15) is 0 Å². The van der Waals surface area contributed by atoms with Crippen molar-refractivity contribution < 1.29 is 4.79 Å². The van der Waals surface area contributed by atoms with E-state index in [4.69, 9.17) is 11.6 Å². The SMILES string of the molecule is O=C(NCc1ccccc1)N1CCN(CCc2cccc(Cl)c2)CC1. The number of benzene rings is 2. The summed E-state index contributed by atoms with van der Waals surface area (Å²) in [6.07, 6.45) is 0.987. The Morgan fingerprint density at radius 1 is 0.960 bits per heavy atom. The number of hydrogen-bond donors (Lipinski definition) is 1. The summed E-state index contributed by atoms with van der Waals surface area (Å²) < 4.78 is 0. The highest BCUT2D eigenvalue weighted by Gasteiger charge is 2.20. The number of amides is 2. The summed E-state index contributed by atoms with van der Waals surface area (Å²) in [5.74, 6) is 0. The Bertz CT molecular complexity index is 684. The van der Waals surface area contributed by atoms with Gasteiger partial charge in [-0.15, -0.1) is 0 Å². The van der Waals surface area contributed by atoms with Crippen LogP contribution in [0.2, 0.25) is 5.02 Å². The Hall–Kier alpha value is -2.04. The lowest BCUT2D eigenvalue weighted by atomic mass is 10.1. The zero-order valence-corrected chi connectivity index (χ0v) is 15.1. The maximum Gasteiger partial charge on any atom is 0.317 e. The van der Waals surface area contributed by atoms with Crippen LogP contribution in [0.4, 0.5) is 4.79 Å². The Morgan fingerprint density at radius 2 is 1.68 bits per heavy atom. The zero-order valence-electron chi connectivity index (χ0n) is 14.3. The van der Waals surface area contributed by atoms with Crippen LogP contribution in [0.5, 0.6) is 0 Å². The number of urea groups is 1. The summed E-state index contributed by atoms with van der Waals surface area (Å²) in [7, 11) is 0. The van der Waals surface area contributed by atoms with E-state index in [2.05, 4.69) is 16.3 Å². The first kappa shape index (κ1) is 17.8. The minimum atomic E-state index is 0.0262. The smallest absolute Gasteiger partial charge is 0.317 e. The molecule has 0 unspecified atom stereocenters. The van der Waals surface area contributed by atoms with Crippen molar-refractivity contribution in [3.63, 3.8) is 0 Å². The molecule has 0 aliphatic carbocycles. The van der Waals surface area contributed by atoms with Gasteiger partial charge in [0.25, 0.3) is 0 Å². The standard InChI is InChI=1S/C20H24ClN3O/c21-19-8-4-7-17(15-19)9-10-23-11-13-24(14-12-23)20(25)22-16-18-5-2-1-3-6-18/h1-8,15H,9-14,16H2,(H,22,25). The van der Waals surface area contributed by atoms with Crippen LogP contribution in [0.15, 0.2) is 54.6 Å². The van der Waals surface area contributed by atoms with Gasteiger partial charge < -0.3 is 10.2 Å². The molecular weight excluding hydrogens is 334 g/mol. The van der Waals surface area contributed by atoms with Crippen LogP contribution < -0.4 is 5.32 Å². The predicted molar refractivity (Wildman–Crippen MR) is 102 cm³/mol. The maximum atomic E-state index is 12.3. The second-order valence-corrected chi connectivity index (χ2v) is 6.79. The average Bonchev–Trinajstić information content (AvgIpc) is 2.66. The number of hydrogen-bond acceptors (Lipinski definition) is 2. The Kier molecular flexibility index (Phi) is 6.31. The van der Waals surface area contributed by atoms with Gasteiger partial charge in [0.15, 0.2) is 0 Å². The van der Waals surface area contributed by atoms with Crippen LogP contribution in [0.1, 0.15) is 11.1 Å². The first-order chi connectivity index (χ1) is 12.2. The molecule has 132 valence electrons. The lowest BCUT2D eigenvalue weighted by molar-refractivity contribution is 0.140. The summed E-state index contributed by atoms with van der Waals surface area (Å²) in [4.78, 5) is 16.6. The van der Waals surface area contributed by atoms with Gasteiger partial charge in [-0.2, -0.15) is 0 Å². The topological polar surface area (TPSA) is 35.6 Å². The largest absolute Gasteiger partial charge is 0.334 e. The van der Waals surface area contributed by atoms with Crippen LogP contribution in [0.3, 0.4) is 0 Å². The van der Waals surface area contributed by atoms with E-state index in [1.807, 2.05) is 53.4 Å². The van der Waals surface area contributed by atoms with Gasteiger partial charge in [-0.1, -0.05) is 54.1 Å². The third-order valence-electron chi connectivity index (χ3n) is 4.55. The Morgan fingerprint density at radius 3 is 2.40 bits per heavy atom. The first-order valence-corrected chi connectivity index (χ1v) is 9.12. The van der Waals surface area contributed by atoms with Gasteiger partial charge in [0.05, 0.1) is 0 Å². The number of rotatable bonds is 5. The van der Waals surface area contributed by atoms with Gasteiger partial charge in [-0.25, -0.2) is 4.79 Å². The van der Waals surface area contributed by atoms with E-state index in [0.29, 0.717) is 6.54 Å². The molecule has 1 saturated heterocycles. The van der Waals surface area contributed by atoms with Gasteiger partial charge >= 0.3 is 6.03 Å². The Labute approximate surface area is 154 Å². The highest BCUT2D eigenvalue weighted by atomic mass is 35.5. The molecule has 0 atom stereocenters. The molecule has 0 radical (unpaired) electrons. The van der Waals surface area contributed by atoms with Crippen LogP contribution >= 0.6 is 11.6 Å². The van der Waals surface area contributed by atoms with Crippen molar-refractivity contribution in [1.82, 2.24) is 15.1 Å². The van der Waals surface area contributed by atoms with E-state index in [1.54, 1.807) is 0 Å². The highest BCUT2D eigenvalue weighted by molar-refractivity contribution is 6.30. The first-order valence-electron chi connectivity index (χ1n) is 8.74. The summed E-state index contributed by atoms with van der Waals surface area (Å²) in [6.45, 7) is 4.96. The van der Waals surface area contributed by atoms with Crippen molar-refractivity contribution in [2.75, 3.05) is 32.7 Å².